The van der Waals surface area contributed by atoms with Crippen molar-refractivity contribution >= 4 is 15.8 Å². The first-order valence-corrected chi connectivity index (χ1v) is 7.57. The molecule has 1 rings (SSSR count). The first-order chi connectivity index (χ1) is 8.86. The lowest BCUT2D eigenvalue weighted by Crippen LogP contribution is -2.32. The summed E-state index contributed by atoms with van der Waals surface area (Å²) in [5.41, 5.74) is 0.376. The first-order valence-electron chi connectivity index (χ1n) is 6.09. The van der Waals surface area contributed by atoms with Crippen LogP contribution in [0.15, 0.2) is 29.2 Å². The monoisotopic (exact) mass is 285 g/mol. The number of hydrogen-bond donors (Lipinski definition) is 1. The summed E-state index contributed by atoms with van der Waals surface area (Å²) in [4.78, 5) is 11.3. The van der Waals surface area contributed by atoms with Gasteiger partial charge in [0.2, 0.25) is 10.0 Å². The molecule has 0 radical (unpaired) electrons. The Morgan fingerprint density at radius 3 is 2.68 bits per heavy atom. The van der Waals surface area contributed by atoms with Crippen molar-refractivity contribution in [1.29, 1.82) is 0 Å². The van der Waals surface area contributed by atoms with Gasteiger partial charge in [-0.3, -0.25) is 4.79 Å². The number of sulfonamides is 1. The van der Waals surface area contributed by atoms with E-state index >= 15 is 0 Å². The molecular formula is C13H19NO4S. The molecule has 0 aliphatic carbocycles. The van der Waals surface area contributed by atoms with Crippen LogP contribution in [0, 0.1) is 0 Å². The summed E-state index contributed by atoms with van der Waals surface area (Å²) in [6.07, 6.45) is -0.198. The van der Waals surface area contributed by atoms with Gasteiger partial charge in [0.05, 0.1) is 11.0 Å². The molecule has 106 valence electrons. The molecule has 5 nitrogen and oxygen atoms in total. The second-order valence-corrected chi connectivity index (χ2v) is 5.97. The van der Waals surface area contributed by atoms with E-state index in [2.05, 4.69) is 4.72 Å². The first kappa shape index (κ1) is 15.8. The Morgan fingerprint density at radius 1 is 1.42 bits per heavy atom. The van der Waals surface area contributed by atoms with Crippen LogP contribution in [-0.2, 0) is 14.8 Å². The Labute approximate surface area is 114 Å². The van der Waals surface area contributed by atoms with Crippen LogP contribution in [0.1, 0.15) is 31.1 Å². The quantitative estimate of drug-likeness (QED) is 0.772. The summed E-state index contributed by atoms with van der Waals surface area (Å²) in [6.45, 7) is 5.76. The molecule has 0 fully saturated rings. The van der Waals surface area contributed by atoms with Gasteiger partial charge >= 0.3 is 0 Å². The average molecular weight is 285 g/mol. The van der Waals surface area contributed by atoms with Gasteiger partial charge in [0.1, 0.15) is 0 Å². The van der Waals surface area contributed by atoms with Crippen LogP contribution in [0.25, 0.3) is 0 Å². The number of hydrogen-bond acceptors (Lipinski definition) is 4. The van der Waals surface area contributed by atoms with Gasteiger partial charge in [0.25, 0.3) is 0 Å². The van der Waals surface area contributed by atoms with Crippen LogP contribution < -0.4 is 4.72 Å². The van der Waals surface area contributed by atoms with Gasteiger partial charge in [-0.25, -0.2) is 13.1 Å². The summed E-state index contributed by atoms with van der Waals surface area (Å²) in [5, 5.41) is 0. The Kier molecular flexibility index (Phi) is 5.65. The molecule has 0 aliphatic rings. The van der Waals surface area contributed by atoms with Gasteiger partial charge in [-0.1, -0.05) is 12.1 Å². The lowest BCUT2D eigenvalue weighted by Gasteiger charge is -2.13. The van der Waals surface area contributed by atoms with Gasteiger partial charge < -0.3 is 4.74 Å². The van der Waals surface area contributed by atoms with Crippen molar-refractivity contribution in [3.63, 3.8) is 0 Å². The summed E-state index contributed by atoms with van der Waals surface area (Å²) in [6, 6.07) is 5.97. The zero-order valence-electron chi connectivity index (χ0n) is 11.3. The molecule has 0 amide bonds. The second-order valence-electron chi connectivity index (χ2n) is 4.20. The summed E-state index contributed by atoms with van der Waals surface area (Å²) < 4.78 is 31.8. The number of benzene rings is 1. The number of nitrogens with one attached hydrogen (secondary N) is 1. The van der Waals surface area contributed by atoms with Crippen molar-refractivity contribution in [3.8, 4) is 0 Å². The number of Topliss-reactive ketones (excluding diaryl/α,β-unsaturated/α-hetero) is 1. The lowest BCUT2D eigenvalue weighted by molar-refractivity contribution is 0.0799. The minimum Gasteiger partial charge on any atom is -0.377 e. The maximum absolute atomic E-state index is 12.0. The van der Waals surface area contributed by atoms with Crippen molar-refractivity contribution in [2.75, 3.05) is 13.2 Å². The lowest BCUT2D eigenvalue weighted by atomic mass is 10.2. The Hall–Kier alpha value is -1.24. The van der Waals surface area contributed by atoms with Crippen LogP contribution in [0.3, 0.4) is 0 Å². The number of ether oxygens (including phenoxy) is 1. The van der Waals surface area contributed by atoms with Crippen molar-refractivity contribution in [1.82, 2.24) is 4.72 Å². The third-order valence-corrected chi connectivity index (χ3v) is 3.98. The predicted molar refractivity (Wildman–Crippen MR) is 72.7 cm³/mol. The van der Waals surface area contributed by atoms with E-state index in [1.54, 1.807) is 19.1 Å². The van der Waals surface area contributed by atoms with E-state index in [0.29, 0.717) is 12.2 Å². The third kappa shape index (κ3) is 4.74. The van der Waals surface area contributed by atoms with E-state index < -0.39 is 10.0 Å². The normalized spacial score (nSPS) is 13.2. The highest BCUT2D eigenvalue weighted by Gasteiger charge is 2.16. The Bertz CT molecular complexity index is 539. The molecule has 0 aromatic heterocycles. The van der Waals surface area contributed by atoms with Crippen LogP contribution in [0.2, 0.25) is 0 Å². The maximum Gasteiger partial charge on any atom is 0.240 e. The largest absolute Gasteiger partial charge is 0.377 e. The molecule has 0 aliphatic heterocycles. The molecule has 0 heterocycles. The maximum atomic E-state index is 12.0. The molecule has 1 N–H and O–H groups in total. The van der Waals surface area contributed by atoms with Crippen molar-refractivity contribution in [3.05, 3.63) is 29.8 Å². The Morgan fingerprint density at radius 2 is 2.11 bits per heavy atom. The van der Waals surface area contributed by atoms with Crippen LogP contribution in [0.5, 0.6) is 0 Å². The molecule has 1 aromatic carbocycles. The fourth-order valence-electron chi connectivity index (χ4n) is 1.54. The SMILES string of the molecule is CCOC(C)CNS(=O)(=O)c1cccc(C(C)=O)c1. The fraction of sp³-hybridized carbons (Fsp3) is 0.462. The number of ketones is 1. The minimum atomic E-state index is -3.61. The molecule has 0 spiro atoms. The molecule has 0 saturated carbocycles. The number of carbonyl (C=O) groups is 1. The molecule has 0 bridgehead atoms. The van der Waals surface area contributed by atoms with Gasteiger partial charge in [-0.05, 0) is 32.9 Å². The van der Waals surface area contributed by atoms with Crippen molar-refractivity contribution in [2.24, 2.45) is 0 Å². The highest BCUT2D eigenvalue weighted by molar-refractivity contribution is 7.89. The van der Waals surface area contributed by atoms with Gasteiger partial charge in [-0.2, -0.15) is 0 Å². The molecule has 1 aromatic rings. The minimum absolute atomic E-state index is 0.0869. The van der Waals surface area contributed by atoms with E-state index in [1.165, 1.54) is 19.1 Å². The summed E-state index contributed by atoms with van der Waals surface area (Å²) in [5.74, 6) is -0.167. The molecule has 0 saturated heterocycles. The van der Waals surface area contributed by atoms with Crippen LogP contribution in [0.4, 0.5) is 0 Å². The van der Waals surface area contributed by atoms with E-state index in [-0.39, 0.29) is 23.3 Å². The smallest absolute Gasteiger partial charge is 0.240 e. The zero-order chi connectivity index (χ0) is 14.5. The summed E-state index contributed by atoms with van der Waals surface area (Å²) in [7, 11) is -3.61. The molecule has 19 heavy (non-hydrogen) atoms. The topological polar surface area (TPSA) is 72.5 Å². The fourth-order valence-corrected chi connectivity index (χ4v) is 2.70. The number of carbonyl (C=O) groups excluding carboxylic acids is 1. The molecule has 1 unspecified atom stereocenters. The van der Waals surface area contributed by atoms with E-state index in [1.807, 2.05) is 6.92 Å². The number of rotatable bonds is 7. The molecule has 6 heteroatoms. The van der Waals surface area contributed by atoms with Gasteiger partial charge in [0, 0.05) is 18.7 Å². The van der Waals surface area contributed by atoms with E-state index in [9.17, 15) is 13.2 Å². The highest BCUT2D eigenvalue weighted by atomic mass is 32.2. The van der Waals surface area contributed by atoms with Gasteiger partial charge in [-0.15, -0.1) is 0 Å². The Balaban J connectivity index is 2.83. The van der Waals surface area contributed by atoms with Crippen LogP contribution in [-0.4, -0.2) is 33.5 Å². The van der Waals surface area contributed by atoms with E-state index in [4.69, 9.17) is 4.74 Å². The van der Waals surface area contributed by atoms with Crippen molar-refractivity contribution in [2.45, 2.75) is 31.8 Å². The van der Waals surface area contributed by atoms with Crippen molar-refractivity contribution < 1.29 is 17.9 Å². The zero-order valence-corrected chi connectivity index (χ0v) is 12.2. The third-order valence-electron chi connectivity index (χ3n) is 2.56. The second kappa shape index (κ2) is 6.79. The molecular weight excluding hydrogens is 266 g/mol. The molecule has 1 atom stereocenters. The predicted octanol–water partition coefficient (Wildman–Crippen LogP) is 1.59. The standard InChI is InChI=1S/C13H19NO4S/c1-4-18-10(2)9-14-19(16,17)13-7-5-6-12(8-13)11(3)15/h5-8,10,14H,4,9H2,1-3H3. The van der Waals surface area contributed by atoms with Gasteiger partial charge in [0.15, 0.2) is 5.78 Å². The summed E-state index contributed by atoms with van der Waals surface area (Å²) >= 11 is 0. The van der Waals surface area contributed by atoms with Crippen LogP contribution >= 0.6 is 0 Å². The average Bonchev–Trinajstić information content (AvgIpc) is 2.37. The van der Waals surface area contributed by atoms with E-state index in [0.717, 1.165) is 0 Å². The highest BCUT2D eigenvalue weighted by Crippen LogP contribution is 2.12.